The van der Waals surface area contributed by atoms with Gasteiger partial charge in [0.2, 0.25) is 0 Å². The Hall–Kier alpha value is -2.34. The van der Waals surface area contributed by atoms with Crippen LogP contribution in [0.15, 0.2) is 60.7 Å². The van der Waals surface area contributed by atoms with E-state index in [1.165, 1.54) is 76.6 Å². The summed E-state index contributed by atoms with van der Waals surface area (Å²) in [6.07, 6.45) is 6.42. The molecule has 3 aromatic rings. The lowest BCUT2D eigenvalue weighted by molar-refractivity contribution is 0.667. The van der Waals surface area contributed by atoms with E-state index in [2.05, 4.69) is 88.4 Å². The summed E-state index contributed by atoms with van der Waals surface area (Å²) in [6, 6.07) is 22.4. The highest BCUT2D eigenvalue weighted by Gasteiger charge is 2.12. The van der Waals surface area contributed by atoms with E-state index in [-0.39, 0.29) is 0 Å². The van der Waals surface area contributed by atoms with Gasteiger partial charge < -0.3 is 0 Å². The highest BCUT2D eigenvalue weighted by atomic mass is 14.2. The number of benzene rings is 3. The molecule has 0 unspecified atom stereocenters. The minimum Gasteiger partial charge on any atom is -0.0654 e. The molecule has 0 bridgehead atoms. The smallest absolute Gasteiger partial charge is 0.0149 e. The Bertz CT molecular complexity index is 902. The van der Waals surface area contributed by atoms with E-state index in [1.807, 2.05) is 0 Å². The van der Waals surface area contributed by atoms with Gasteiger partial charge in [-0.05, 0) is 72.6 Å². The van der Waals surface area contributed by atoms with Crippen molar-refractivity contribution in [3.8, 4) is 22.3 Å². The first-order valence-electron chi connectivity index (χ1n) is 10.4. The minimum atomic E-state index is 1.17. The number of hydrogen-bond donors (Lipinski definition) is 0. The van der Waals surface area contributed by atoms with Gasteiger partial charge in [-0.3, -0.25) is 0 Å². The molecule has 0 aliphatic rings. The average Bonchev–Trinajstić information content (AvgIpc) is 2.68. The van der Waals surface area contributed by atoms with Gasteiger partial charge in [0.1, 0.15) is 0 Å². The third kappa shape index (κ3) is 4.50. The Kier molecular flexibility index (Phi) is 6.50. The zero-order valence-corrected chi connectivity index (χ0v) is 17.3. The molecule has 0 saturated carbocycles. The summed E-state index contributed by atoms with van der Waals surface area (Å²) < 4.78 is 0. The molecule has 0 atom stereocenters. The maximum atomic E-state index is 2.32. The molecule has 0 radical (unpaired) electrons. The predicted octanol–water partition coefficient (Wildman–Crippen LogP) is 8.07. The fourth-order valence-electron chi connectivity index (χ4n) is 3.98. The van der Waals surface area contributed by atoms with E-state index >= 15 is 0 Å². The second-order valence-corrected chi connectivity index (χ2v) is 7.75. The van der Waals surface area contributed by atoms with E-state index in [4.69, 9.17) is 0 Å². The molecule has 0 N–H and O–H groups in total. The van der Waals surface area contributed by atoms with Gasteiger partial charge >= 0.3 is 0 Å². The number of hydrogen-bond acceptors (Lipinski definition) is 0. The largest absolute Gasteiger partial charge is 0.0654 e. The highest BCUT2D eigenvalue weighted by molar-refractivity contribution is 5.78. The van der Waals surface area contributed by atoms with Crippen molar-refractivity contribution in [2.75, 3.05) is 0 Å². The Morgan fingerprint density at radius 1 is 0.630 bits per heavy atom. The van der Waals surface area contributed by atoms with Crippen molar-refractivity contribution in [1.82, 2.24) is 0 Å². The van der Waals surface area contributed by atoms with Crippen molar-refractivity contribution in [3.63, 3.8) is 0 Å². The van der Waals surface area contributed by atoms with Gasteiger partial charge in [-0.1, -0.05) is 92.4 Å². The van der Waals surface area contributed by atoms with Crippen LogP contribution in [0.25, 0.3) is 22.3 Å². The van der Waals surface area contributed by atoms with Crippen molar-refractivity contribution in [2.45, 2.75) is 59.8 Å². The minimum absolute atomic E-state index is 1.17. The molecule has 3 rings (SSSR count). The molecule has 0 nitrogen and oxygen atoms in total. The first-order valence-corrected chi connectivity index (χ1v) is 10.4. The lowest BCUT2D eigenvalue weighted by Gasteiger charge is -2.17. The van der Waals surface area contributed by atoms with Crippen molar-refractivity contribution in [3.05, 3.63) is 82.9 Å². The van der Waals surface area contributed by atoms with Crippen LogP contribution in [0, 0.1) is 20.8 Å². The van der Waals surface area contributed by atoms with Gasteiger partial charge in [-0.15, -0.1) is 0 Å². The van der Waals surface area contributed by atoms with Crippen molar-refractivity contribution < 1.29 is 0 Å². The van der Waals surface area contributed by atoms with Crippen molar-refractivity contribution in [1.29, 1.82) is 0 Å². The summed E-state index contributed by atoms with van der Waals surface area (Å²) in [6.45, 7) is 8.98. The van der Waals surface area contributed by atoms with Crippen LogP contribution >= 0.6 is 0 Å². The van der Waals surface area contributed by atoms with Crippen LogP contribution in [-0.2, 0) is 6.42 Å². The lowest BCUT2D eigenvalue weighted by atomic mass is 9.88. The molecule has 0 aromatic heterocycles. The molecule has 140 valence electrons. The van der Waals surface area contributed by atoms with Crippen LogP contribution in [0.3, 0.4) is 0 Å². The number of aryl methyl sites for hydroxylation is 2. The standard InChI is InChI=1S/C27H32/c1-5-6-7-8-13-23-14-9-10-16-27(23)26-18-17-25(21(3)22(26)4)24-15-11-12-20(2)19-24/h9-12,14-19H,5-8,13H2,1-4H3. The van der Waals surface area contributed by atoms with E-state index in [0.29, 0.717) is 0 Å². The van der Waals surface area contributed by atoms with E-state index in [0.717, 1.165) is 0 Å². The zero-order chi connectivity index (χ0) is 19.2. The van der Waals surface area contributed by atoms with Crippen LogP contribution in [0.2, 0.25) is 0 Å². The molecule has 0 spiro atoms. The maximum absolute atomic E-state index is 2.32. The molecular weight excluding hydrogens is 324 g/mol. The summed E-state index contributed by atoms with van der Waals surface area (Å²) in [5.74, 6) is 0. The molecule has 0 fully saturated rings. The van der Waals surface area contributed by atoms with Crippen LogP contribution in [-0.4, -0.2) is 0 Å². The second kappa shape index (κ2) is 9.04. The molecule has 0 amide bonds. The molecule has 0 aliphatic carbocycles. The normalized spacial score (nSPS) is 11.0. The zero-order valence-electron chi connectivity index (χ0n) is 17.3. The van der Waals surface area contributed by atoms with Gasteiger partial charge in [0.25, 0.3) is 0 Å². The summed E-state index contributed by atoms with van der Waals surface area (Å²) in [5.41, 5.74) is 11.0. The fraction of sp³-hybridized carbons (Fsp3) is 0.333. The SMILES string of the molecule is CCCCCCc1ccccc1-c1ccc(-c2cccc(C)c2)c(C)c1C. The van der Waals surface area contributed by atoms with E-state index in [1.54, 1.807) is 0 Å². The fourth-order valence-corrected chi connectivity index (χ4v) is 3.98. The summed E-state index contributed by atoms with van der Waals surface area (Å²) >= 11 is 0. The van der Waals surface area contributed by atoms with Crippen LogP contribution in [0.1, 0.15) is 54.9 Å². The van der Waals surface area contributed by atoms with Gasteiger partial charge in [0, 0.05) is 0 Å². The predicted molar refractivity (Wildman–Crippen MR) is 119 cm³/mol. The van der Waals surface area contributed by atoms with Gasteiger partial charge in [-0.25, -0.2) is 0 Å². The summed E-state index contributed by atoms with van der Waals surface area (Å²) in [4.78, 5) is 0. The Morgan fingerprint density at radius 2 is 1.37 bits per heavy atom. The van der Waals surface area contributed by atoms with E-state index < -0.39 is 0 Å². The second-order valence-electron chi connectivity index (χ2n) is 7.75. The summed E-state index contributed by atoms with van der Waals surface area (Å²) in [5, 5.41) is 0. The van der Waals surface area contributed by atoms with Crippen LogP contribution in [0.5, 0.6) is 0 Å². The third-order valence-electron chi connectivity index (χ3n) is 5.72. The van der Waals surface area contributed by atoms with Crippen LogP contribution < -0.4 is 0 Å². The van der Waals surface area contributed by atoms with Gasteiger partial charge in [0.05, 0.1) is 0 Å². The topological polar surface area (TPSA) is 0 Å². The number of unbranched alkanes of at least 4 members (excludes halogenated alkanes) is 3. The van der Waals surface area contributed by atoms with Crippen molar-refractivity contribution >= 4 is 0 Å². The number of rotatable bonds is 7. The van der Waals surface area contributed by atoms with E-state index in [9.17, 15) is 0 Å². The highest BCUT2D eigenvalue weighted by Crippen LogP contribution is 2.34. The maximum Gasteiger partial charge on any atom is -0.0149 e. The quantitative estimate of drug-likeness (QED) is 0.375. The molecule has 3 aromatic carbocycles. The van der Waals surface area contributed by atoms with Gasteiger partial charge in [0.15, 0.2) is 0 Å². The molecule has 0 aliphatic heterocycles. The molecule has 27 heavy (non-hydrogen) atoms. The lowest BCUT2D eigenvalue weighted by Crippen LogP contribution is -1.96. The molecule has 0 saturated heterocycles. The monoisotopic (exact) mass is 356 g/mol. The third-order valence-corrected chi connectivity index (χ3v) is 5.72. The average molecular weight is 357 g/mol. The van der Waals surface area contributed by atoms with Crippen molar-refractivity contribution in [2.24, 2.45) is 0 Å². The first-order chi connectivity index (χ1) is 13.1. The Balaban J connectivity index is 1.96. The Labute approximate surface area is 165 Å². The Morgan fingerprint density at radius 3 is 2.15 bits per heavy atom. The van der Waals surface area contributed by atoms with Gasteiger partial charge in [-0.2, -0.15) is 0 Å². The molecule has 0 heterocycles. The molecular formula is C27H32. The summed E-state index contributed by atoms with van der Waals surface area (Å²) in [7, 11) is 0. The molecule has 0 heteroatoms. The van der Waals surface area contributed by atoms with Crippen LogP contribution in [0.4, 0.5) is 0 Å². The first kappa shape index (κ1) is 19.4.